The summed E-state index contributed by atoms with van der Waals surface area (Å²) in [6, 6.07) is 0.441. The molecule has 1 unspecified atom stereocenters. The van der Waals surface area contributed by atoms with Crippen LogP contribution >= 0.6 is 11.8 Å². The zero-order valence-corrected chi connectivity index (χ0v) is 12.6. The van der Waals surface area contributed by atoms with Crippen molar-refractivity contribution in [1.82, 2.24) is 9.97 Å². The van der Waals surface area contributed by atoms with Crippen LogP contribution < -0.4 is 16.2 Å². The second kappa shape index (κ2) is 6.80. The molecule has 0 bridgehead atoms. The molecule has 0 spiro atoms. The van der Waals surface area contributed by atoms with Crippen LogP contribution in [0.2, 0.25) is 0 Å². The molecule has 5 nitrogen and oxygen atoms in total. The smallest absolute Gasteiger partial charge is 0.148 e. The second-order valence-electron chi connectivity index (χ2n) is 4.45. The summed E-state index contributed by atoms with van der Waals surface area (Å²) in [5.74, 6) is 9.01. The monoisotopic (exact) mass is 269 g/mol. The van der Waals surface area contributed by atoms with Gasteiger partial charge in [-0.3, -0.25) is 0 Å². The van der Waals surface area contributed by atoms with Crippen LogP contribution in [0.25, 0.3) is 0 Å². The minimum Gasteiger partial charge on any atom is -0.357 e. The van der Waals surface area contributed by atoms with E-state index in [1.54, 1.807) is 0 Å². The van der Waals surface area contributed by atoms with Crippen LogP contribution in [0, 0.1) is 13.8 Å². The average molecular weight is 269 g/mol. The number of nitrogens with one attached hydrogen (secondary N) is 1. The lowest BCUT2D eigenvalue weighted by atomic mass is 10.2. The first-order chi connectivity index (χ1) is 8.51. The van der Waals surface area contributed by atoms with Crippen molar-refractivity contribution in [2.75, 3.05) is 29.4 Å². The Kier molecular flexibility index (Phi) is 5.68. The van der Waals surface area contributed by atoms with E-state index in [1.165, 1.54) is 0 Å². The molecule has 0 saturated heterocycles. The van der Waals surface area contributed by atoms with Crippen LogP contribution in [0.3, 0.4) is 0 Å². The van der Waals surface area contributed by atoms with Crippen molar-refractivity contribution < 1.29 is 0 Å². The Balaban J connectivity index is 2.97. The number of anilines is 2. The van der Waals surface area contributed by atoms with E-state index in [2.05, 4.69) is 40.5 Å². The predicted octanol–water partition coefficient (Wildman–Crippen LogP) is 1.96. The number of rotatable bonds is 6. The summed E-state index contributed by atoms with van der Waals surface area (Å²) in [6.45, 7) is 6.08. The van der Waals surface area contributed by atoms with Crippen molar-refractivity contribution in [3.05, 3.63) is 11.4 Å². The maximum absolute atomic E-state index is 5.48. The van der Waals surface area contributed by atoms with Crippen LogP contribution in [-0.4, -0.2) is 35.1 Å². The van der Waals surface area contributed by atoms with Crippen LogP contribution in [0.5, 0.6) is 0 Å². The fourth-order valence-corrected chi connectivity index (χ4v) is 2.37. The molecule has 0 aliphatic heterocycles. The molecular weight excluding hydrogens is 246 g/mol. The SMILES string of the molecule is CSCCC(C)N(C)c1nc(C)nc(NN)c1C. The van der Waals surface area contributed by atoms with Gasteiger partial charge in [-0.15, -0.1) is 0 Å². The van der Waals surface area contributed by atoms with E-state index in [9.17, 15) is 0 Å². The van der Waals surface area contributed by atoms with E-state index in [4.69, 9.17) is 5.84 Å². The largest absolute Gasteiger partial charge is 0.357 e. The van der Waals surface area contributed by atoms with E-state index in [1.807, 2.05) is 25.6 Å². The van der Waals surface area contributed by atoms with Crippen molar-refractivity contribution in [3.8, 4) is 0 Å². The number of thioether (sulfide) groups is 1. The Bertz CT molecular complexity index is 396. The number of aryl methyl sites for hydroxylation is 1. The van der Waals surface area contributed by atoms with Gasteiger partial charge in [0.05, 0.1) is 0 Å². The molecule has 1 aromatic heterocycles. The van der Waals surface area contributed by atoms with Gasteiger partial charge in [0.2, 0.25) is 0 Å². The van der Waals surface area contributed by atoms with E-state index in [0.29, 0.717) is 11.9 Å². The first-order valence-electron chi connectivity index (χ1n) is 6.04. The third-order valence-electron chi connectivity index (χ3n) is 3.10. The van der Waals surface area contributed by atoms with Gasteiger partial charge in [-0.2, -0.15) is 11.8 Å². The van der Waals surface area contributed by atoms with Gasteiger partial charge in [0.1, 0.15) is 17.5 Å². The average Bonchev–Trinajstić information content (AvgIpc) is 2.37. The molecule has 6 heteroatoms. The highest BCUT2D eigenvalue weighted by Gasteiger charge is 2.16. The van der Waals surface area contributed by atoms with Crippen LogP contribution in [0.15, 0.2) is 0 Å². The maximum atomic E-state index is 5.48. The Morgan fingerprint density at radius 2 is 2.06 bits per heavy atom. The second-order valence-corrected chi connectivity index (χ2v) is 5.44. The summed E-state index contributed by atoms with van der Waals surface area (Å²) in [6.07, 6.45) is 3.26. The van der Waals surface area contributed by atoms with Crippen molar-refractivity contribution in [2.45, 2.75) is 33.2 Å². The normalized spacial score (nSPS) is 12.3. The number of hydrazine groups is 1. The Labute approximate surface area is 114 Å². The molecule has 1 heterocycles. The van der Waals surface area contributed by atoms with Gasteiger partial charge in [-0.1, -0.05) is 0 Å². The minimum absolute atomic E-state index is 0.441. The molecule has 0 aromatic carbocycles. The molecule has 0 saturated carbocycles. The summed E-state index contributed by atoms with van der Waals surface area (Å²) in [4.78, 5) is 11.0. The number of hydrogen-bond donors (Lipinski definition) is 2. The first kappa shape index (κ1) is 15.0. The summed E-state index contributed by atoms with van der Waals surface area (Å²) in [5, 5.41) is 0. The molecule has 0 aliphatic carbocycles. The molecule has 1 atom stereocenters. The van der Waals surface area contributed by atoms with E-state index in [0.717, 1.165) is 29.4 Å². The Morgan fingerprint density at radius 1 is 1.39 bits per heavy atom. The van der Waals surface area contributed by atoms with Gasteiger partial charge in [0.15, 0.2) is 0 Å². The lowest BCUT2D eigenvalue weighted by Crippen LogP contribution is -2.31. The molecule has 0 aliphatic rings. The highest BCUT2D eigenvalue weighted by molar-refractivity contribution is 7.98. The highest BCUT2D eigenvalue weighted by atomic mass is 32.2. The quantitative estimate of drug-likeness (QED) is 0.608. The topological polar surface area (TPSA) is 67.1 Å². The third kappa shape index (κ3) is 3.49. The lowest BCUT2D eigenvalue weighted by molar-refractivity contribution is 0.658. The third-order valence-corrected chi connectivity index (χ3v) is 3.75. The van der Waals surface area contributed by atoms with Gasteiger partial charge in [0, 0.05) is 18.7 Å². The van der Waals surface area contributed by atoms with Gasteiger partial charge < -0.3 is 10.3 Å². The summed E-state index contributed by atoms with van der Waals surface area (Å²) >= 11 is 1.87. The minimum atomic E-state index is 0.441. The van der Waals surface area contributed by atoms with E-state index >= 15 is 0 Å². The molecule has 0 radical (unpaired) electrons. The summed E-state index contributed by atoms with van der Waals surface area (Å²) < 4.78 is 0. The predicted molar refractivity (Wildman–Crippen MR) is 80.2 cm³/mol. The summed E-state index contributed by atoms with van der Waals surface area (Å²) in [5.41, 5.74) is 3.62. The van der Waals surface area contributed by atoms with Crippen molar-refractivity contribution >= 4 is 23.4 Å². The molecule has 0 amide bonds. The van der Waals surface area contributed by atoms with Crippen LogP contribution in [-0.2, 0) is 0 Å². The number of nitrogens with two attached hydrogens (primary N) is 1. The molecule has 3 N–H and O–H groups in total. The maximum Gasteiger partial charge on any atom is 0.148 e. The Hall–Kier alpha value is -1.01. The first-order valence-corrected chi connectivity index (χ1v) is 7.44. The fourth-order valence-electron chi connectivity index (χ4n) is 1.79. The number of hydrogen-bond acceptors (Lipinski definition) is 6. The lowest BCUT2D eigenvalue weighted by Gasteiger charge is -2.28. The van der Waals surface area contributed by atoms with Gasteiger partial charge in [-0.05, 0) is 39.2 Å². The van der Waals surface area contributed by atoms with Gasteiger partial charge in [0.25, 0.3) is 0 Å². The number of aromatic nitrogens is 2. The van der Waals surface area contributed by atoms with E-state index < -0.39 is 0 Å². The molecule has 1 aromatic rings. The molecule has 18 heavy (non-hydrogen) atoms. The van der Waals surface area contributed by atoms with Crippen molar-refractivity contribution in [3.63, 3.8) is 0 Å². The summed E-state index contributed by atoms with van der Waals surface area (Å²) in [7, 11) is 2.07. The molecular formula is C12H23N5S. The van der Waals surface area contributed by atoms with E-state index in [-0.39, 0.29) is 0 Å². The Morgan fingerprint density at radius 3 is 2.61 bits per heavy atom. The zero-order valence-electron chi connectivity index (χ0n) is 11.8. The molecule has 0 fully saturated rings. The zero-order chi connectivity index (χ0) is 13.7. The van der Waals surface area contributed by atoms with Crippen molar-refractivity contribution in [1.29, 1.82) is 0 Å². The highest BCUT2D eigenvalue weighted by Crippen LogP contribution is 2.24. The van der Waals surface area contributed by atoms with Crippen molar-refractivity contribution in [2.24, 2.45) is 5.84 Å². The van der Waals surface area contributed by atoms with Crippen LogP contribution in [0.1, 0.15) is 24.7 Å². The molecule has 1 rings (SSSR count). The van der Waals surface area contributed by atoms with Gasteiger partial charge >= 0.3 is 0 Å². The molecule has 102 valence electrons. The van der Waals surface area contributed by atoms with Gasteiger partial charge in [-0.25, -0.2) is 15.8 Å². The standard InChI is InChI=1S/C12H23N5S/c1-8(6-7-18-5)17(4)12-9(2)11(16-13)14-10(3)15-12/h8H,6-7,13H2,1-5H3,(H,14,15,16). The number of nitrogens with zero attached hydrogens (tertiary/aromatic N) is 3. The fraction of sp³-hybridized carbons (Fsp3) is 0.667. The number of nitrogen functional groups attached to an aromatic ring is 1. The van der Waals surface area contributed by atoms with Crippen LogP contribution in [0.4, 0.5) is 11.6 Å².